The second-order valence-corrected chi connectivity index (χ2v) is 5.37. The second-order valence-electron chi connectivity index (χ2n) is 4.05. The molecule has 0 amide bonds. The number of nitrogens with one attached hydrogen (secondary N) is 1. The smallest absolute Gasteiger partial charge is 0.130 e. The highest BCUT2D eigenvalue weighted by Gasteiger charge is 2.18. The summed E-state index contributed by atoms with van der Waals surface area (Å²) in [5.41, 5.74) is 0. The topological polar surface area (TPSA) is 45.0 Å². The summed E-state index contributed by atoms with van der Waals surface area (Å²) in [6.45, 7) is 3.69. The number of thiophene rings is 1. The SMILES string of the molecule is Cc1ccc(C(C#N)NCC2CCCO2)s1. The first-order valence-electron chi connectivity index (χ1n) is 5.60. The lowest BCUT2D eigenvalue weighted by Gasteiger charge is -2.13. The van der Waals surface area contributed by atoms with E-state index < -0.39 is 0 Å². The van der Waals surface area contributed by atoms with Crippen LogP contribution in [0.3, 0.4) is 0 Å². The summed E-state index contributed by atoms with van der Waals surface area (Å²) in [7, 11) is 0. The molecule has 0 spiro atoms. The van der Waals surface area contributed by atoms with Crippen molar-refractivity contribution in [3.05, 3.63) is 21.9 Å². The molecule has 86 valence electrons. The standard InChI is InChI=1S/C12H16N2OS/c1-9-4-5-12(16-9)11(7-13)14-8-10-3-2-6-15-10/h4-5,10-11,14H,2-3,6,8H2,1H3. The summed E-state index contributed by atoms with van der Waals surface area (Å²) < 4.78 is 5.52. The highest BCUT2D eigenvalue weighted by atomic mass is 32.1. The van der Waals surface area contributed by atoms with Crippen molar-refractivity contribution in [1.29, 1.82) is 5.26 Å². The third-order valence-corrected chi connectivity index (χ3v) is 3.81. The fourth-order valence-corrected chi connectivity index (χ4v) is 2.77. The van der Waals surface area contributed by atoms with Crippen molar-refractivity contribution in [2.75, 3.05) is 13.2 Å². The molecule has 1 aliphatic rings. The zero-order valence-electron chi connectivity index (χ0n) is 9.40. The Kier molecular flexibility index (Phi) is 3.94. The molecule has 0 aromatic carbocycles. The number of ether oxygens (including phenoxy) is 1. The lowest BCUT2D eigenvalue weighted by Crippen LogP contribution is -2.28. The van der Waals surface area contributed by atoms with E-state index in [9.17, 15) is 0 Å². The number of hydrogen-bond donors (Lipinski definition) is 1. The Balaban J connectivity index is 1.88. The third kappa shape index (κ3) is 2.82. The Hall–Kier alpha value is -0.890. The van der Waals surface area contributed by atoms with Crippen molar-refractivity contribution >= 4 is 11.3 Å². The Morgan fingerprint density at radius 3 is 3.12 bits per heavy atom. The average Bonchev–Trinajstić information content (AvgIpc) is 2.91. The molecule has 1 aromatic rings. The van der Waals surface area contributed by atoms with Gasteiger partial charge in [-0.25, -0.2) is 0 Å². The van der Waals surface area contributed by atoms with Crippen molar-refractivity contribution in [1.82, 2.24) is 5.32 Å². The molecule has 2 atom stereocenters. The summed E-state index contributed by atoms with van der Waals surface area (Å²) in [5.74, 6) is 0. The zero-order chi connectivity index (χ0) is 11.4. The summed E-state index contributed by atoms with van der Waals surface area (Å²) in [6, 6.07) is 6.19. The van der Waals surface area contributed by atoms with Gasteiger partial charge >= 0.3 is 0 Å². The van der Waals surface area contributed by atoms with Crippen LogP contribution in [-0.4, -0.2) is 19.3 Å². The minimum atomic E-state index is -0.192. The van der Waals surface area contributed by atoms with Crippen molar-refractivity contribution in [2.45, 2.75) is 31.9 Å². The van der Waals surface area contributed by atoms with Crippen LogP contribution < -0.4 is 5.32 Å². The van der Waals surface area contributed by atoms with Crippen LogP contribution in [0.25, 0.3) is 0 Å². The van der Waals surface area contributed by atoms with Crippen LogP contribution >= 0.6 is 11.3 Å². The van der Waals surface area contributed by atoms with Crippen LogP contribution in [0.15, 0.2) is 12.1 Å². The largest absolute Gasteiger partial charge is 0.377 e. The predicted molar refractivity (Wildman–Crippen MR) is 64.4 cm³/mol. The molecule has 16 heavy (non-hydrogen) atoms. The van der Waals surface area contributed by atoms with Crippen LogP contribution in [0, 0.1) is 18.3 Å². The molecule has 1 N–H and O–H groups in total. The first kappa shape index (κ1) is 11.6. The van der Waals surface area contributed by atoms with E-state index in [1.54, 1.807) is 11.3 Å². The molecular formula is C12H16N2OS. The molecule has 0 radical (unpaired) electrons. The van der Waals surface area contributed by atoms with Crippen LogP contribution in [0.5, 0.6) is 0 Å². The Labute approximate surface area is 100 Å². The van der Waals surface area contributed by atoms with Gasteiger partial charge in [-0.15, -0.1) is 11.3 Å². The monoisotopic (exact) mass is 236 g/mol. The fourth-order valence-electron chi connectivity index (χ4n) is 1.87. The molecule has 1 aliphatic heterocycles. The number of aryl methyl sites for hydroxylation is 1. The quantitative estimate of drug-likeness (QED) is 0.873. The van der Waals surface area contributed by atoms with Crippen molar-refractivity contribution in [3.8, 4) is 6.07 Å². The molecule has 1 fully saturated rings. The van der Waals surface area contributed by atoms with Crippen LogP contribution in [0.4, 0.5) is 0 Å². The molecule has 0 saturated carbocycles. The van der Waals surface area contributed by atoms with E-state index in [1.165, 1.54) is 4.88 Å². The summed E-state index contributed by atoms with van der Waals surface area (Å²) in [5, 5.41) is 12.4. The summed E-state index contributed by atoms with van der Waals surface area (Å²) >= 11 is 1.68. The molecule has 2 heterocycles. The van der Waals surface area contributed by atoms with E-state index in [0.717, 1.165) is 30.9 Å². The van der Waals surface area contributed by atoms with Gasteiger partial charge in [0.1, 0.15) is 6.04 Å². The van der Waals surface area contributed by atoms with Gasteiger partial charge in [0.2, 0.25) is 0 Å². The van der Waals surface area contributed by atoms with E-state index in [0.29, 0.717) is 0 Å². The fraction of sp³-hybridized carbons (Fsp3) is 0.583. The molecule has 0 bridgehead atoms. The summed E-state index contributed by atoms with van der Waals surface area (Å²) in [4.78, 5) is 2.34. The molecule has 2 rings (SSSR count). The number of rotatable bonds is 4. The number of nitrogens with zero attached hydrogens (tertiary/aromatic N) is 1. The predicted octanol–water partition coefficient (Wildman–Crippen LogP) is 2.39. The lowest BCUT2D eigenvalue weighted by molar-refractivity contribution is 0.109. The first-order chi connectivity index (χ1) is 7.79. The maximum Gasteiger partial charge on any atom is 0.130 e. The van der Waals surface area contributed by atoms with E-state index in [2.05, 4.69) is 24.4 Å². The van der Waals surface area contributed by atoms with E-state index in [4.69, 9.17) is 10.00 Å². The van der Waals surface area contributed by atoms with E-state index >= 15 is 0 Å². The van der Waals surface area contributed by atoms with Gasteiger partial charge < -0.3 is 4.74 Å². The molecule has 0 aliphatic carbocycles. The number of hydrogen-bond acceptors (Lipinski definition) is 4. The highest BCUT2D eigenvalue weighted by Crippen LogP contribution is 2.22. The van der Waals surface area contributed by atoms with Crippen LogP contribution in [0.2, 0.25) is 0 Å². The minimum absolute atomic E-state index is 0.192. The molecule has 1 aromatic heterocycles. The maximum atomic E-state index is 9.12. The molecule has 3 nitrogen and oxygen atoms in total. The Morgan fingerprint density at radius 1 is 1.69 bits per heavy atom. The van der Waals surface area contributed by atoms with Crippen molar-refractivity contribution in [3.63, 3.8) is 0 Å². The first-order valence-corrected chi connectivity index (χ1v) is 6.42. The molecule has 2 unspecified atom stereocenters. The van der Waals surface area contributed by atoms with Gasteiger partial charge in [-0.3, -0.25) is 5.32 Å². The van der Waals surface area contributed by atoms with Crippen molar-refractivity contribution < 1.29 is 4.74 Å². The zero-order valence-corrected chi connectivity index (χ0v) is 10.2. The van der Waals surface area contributed by atoms with Crippen LogP contribution in [-0.2, 0) is 4.74 Å². The average molecular weight is 236 g/mol. The van der Waals surface area contributed by atoms with E-state index in [-0.39, 0.29) is 12.1 Å². The lowest BCUT2D eigenvalue weighted by atomic mass is 10.2. The molecular weight excluding hydrogens is 220 g/mol. The van der Waals surface area contributed by atoms with E-state index in [1.807, 2.05) is 6.07 Å². The van der Waals surface area contributed by atoms with Crippen molar-refractivity contribution in [2.24, 2.45) is 0 Å². The third-order valence-electron chi connectivity index (χ3n) is 2.75. The maximum absolute atomic E-state index is 9.12. The van der Waals surface area contributed by atoms with Gasteiger partial charge in [-0.2, -0.15) is 5.26 Å². The summed E-state index contributed by atoms with van der Waals surface area (Å²) in [6.07, 6.45) is 2.54. The molecule has 1 saturated heterocycles. The van der Waals surface area contributed by atoms with Crippen LogP contribution in [0.1, 0.15) is 28.6 Å². The van der Waals surface area contributed by atoms with Gasteiger partial charge in [0.05, 0.1) is 12.2 Å². The van der Waals surface area contributed by atoms with Gasteiger partial charge in [-0.1, -0.05) is 0 Å². The highest BCUT2D eigenvalue weighted by molar-refractivity contribution is 7.12. The normalized spacial score (nSPS) is 21.9. The Morgan fingerprint density at radius 2 is 2.56 bits per heavy atom. The van der Waals surface area contributed by atoms with Gasteiger partial charge in [0, 0.05) is 22.9 Å². The van der Waals surface area contributed by atoms with Gasteiger partial charge in [-0.05, 0) is 31.9 Å². The second kappa shape index (κ2) is 5.44. The van der Waals surface area contributed by atoms with Gasteiger partial charge in [0.15, 0.2) is 0 Å². The Bertz CT molecular complexity index is 377. The molecule has 4 heteroatoms. The van der Waals surface area contributed by atoms with Gasteiger partial charge in [0.25, 0.3) is 0 Å². The minimum Gasteiger partial charge on any atom is -0.377 e. The number of nitriles is 1.